The highest BCUT2D eigenvalue weighted by Crippen LogP contribution is 2.25. The molecule has 1 aromatic carbocycles. The van der Waals surface area contributed by atoms with E-state index in [1.807, 2.05) is 0 Å². The molecule has 0 amide bonds. The molecule has 1 rings (SSSR count). The van der Waals surface area contributed by atoms with Gasteiger partial charge in [0.25, 0.3) is 5.69 Å². The lowest BCUT2D eigenvalue weighted by atomic mass is 10.1. The van der Waals surface area contributed by atoms with Crippen LogP contribution in [0.25, 0.3) is 0 Å². The number of aliphatic hydroxyl groups is 1. The Bertz CT molecular complexity index is 356. The predicted molar refractivity (Wildman–Crippen MR) is 52.1 cm³/mol. The highest BCUT2D eigenvalue weighted by molar-refractivity contribution is 6.31. The van der Waals surface area contributed by atoms with Gasteiger partial charge >= 0.3 is 0 Å². The van der Waals surface area contributed by atoms with Crippen molar-refractivity contribution in [2.24, 2.45) is 5.73 Å². The van der Waals surface area contributed by atoms with Gasteiger partial charge in [-0.3, -0.25) is 10.1 Å². The van der Waals surface area contributed by atoms with Crippen LogP contribution < -0.4 is 5.73 Å². The molecule has 0 spiro atoms. The van der Waals surface area contributed by atoms with Crippen LogP contribution in [-0.2, 0) is 0 Å². The van der Waals surface area contributed by atoms with E-state index in [1.165, 1.54) is 18.2 Å². The van der Waals surface area contributed by atoms with Crippen LogP contribution in [0.5, 0.6) is 0 Å². The Morgan fingerprint density at radius 2 is 2.29 bits per heavy atom. The van der Waals surface area contributed by atoms with Gasteiger partial charge in [0, 0.05) is 12.1 Å². The molecule has 0 fully saturated rings. The zero-order valence-corrected chi connectivity index (χ0v) is 7.94. The molecule has 0 saturated heterocycles. The van der Waals surface area contributed by atoms with Crippen molar-refractivity contribution in [3.05, 3.63) is 38.9 Å². The fourth-order valence-corrected chi connectivity index (χ4v) is 1.34. The number of non-ortho nitro benzene ring substituents is 1. The summed E-state index contributed by atoms with van der Waals surface area (Å²) in [5.41, 5.74) is 5.92. The Labute approximate surface area is 85.3 Å². The quantitative estimate of drug-likeness (QED) is 0.588. The zero-order valence-electron chi connectivity index (χ0n) is 7.18. The number of halogens is 1. The molecular weight excluding hydrogens is 208 g/mol. The summed E-state index contributed by atoms with van der Waals surface area (Å²) in [4.78, 5) is 9.83. The summed E-state index contributed by atoms with van der Waals surface area (Å²) in [5.74, 6) is 0. The summed E-state index contributed by atoms with van der Waals surface area (Å²) >= 11 is 5.75. The molecule has 0 aromatic heterocycles. The molecule has 14 heavy (non-hydrogen) atoms. The Hall–Kier alpha value is -1.17. The van der Waals surface area contributed by atoms with Crippen molar-refractivity contribution < 1.29 is 10.0 Å². The number of aliphatic hydroxyl groups excluding tert-OH is 1. The monoisotopic (exact) mass is 216 g/mol. The van der Waals surface area contributed by atoms with Crippen molar-refractivity contribution in [1.82, 2.24) is 0 Å². The first-order valence-electron chi connectivity index (χ1n) is 3.86. The molecule has 0 aliphatic rings. The maximum absolute atomic E-state index is 10.4. The average Bonchev–Trinajstić information content (AvgIpc) is 2.16. The van der Waals surface area contributed by atoms with E-state index >= 15 is 0 Å². The molecule has 0 aliphatic carbocycles. The van der Waals surface area contributed by atoms with E-state index in [9.17, 15) is 10.1 Å². The lowest BCUT2D eigenvalue weighted by Crippen LogP contribution is -2.14. The van der Waals surface area contributed by atoms with Gasteiger partial charge in [-0.25, -0.2) is 0 Å². The van der Waals surface area contributed by atoms with E-state index in [0.29, 0.717) is 5.56 Å². The van der Waals surface area contributed by atoms with Gasteiger partial charge in [0.1, 0.15) is 0 Å². The highest BCUT2D eigenvalue weighted by atomic mass is 35.5. The largest absolute Gasteiger partial charge is 0.394 e. The summed E-state index contributed by atoms with van der Waals surface area (Å²) in [6.07, 6.45) is 0. The second-order valence-corrected chi connectivity index (χ2v) is 3.16. The van der Waals surface area contributed by atoms with E-state index in [-0.39, 0.29) is 17.3 Å². The first-order valence-corrected chi connectivity index (χ1v) is 4.24. The molecule has 0 aliphatic heterocycles. The number of hydrogen-bond acceptors (Lipinski definition) is 4. The SMILES string of the molecule is NC(CO)c1ccc([N+](=O)[O-])cc1Cl. The molecule has 6 heteroatoms. The molecule has 1 atom stereocenters. The van der Waals surface area contributed by atoms with E-state index in [4.69, 9.17) is 22.4 Å². The smallest absolute Gasteiger partial charge is 0.270 e. The molecule has 1 unspecified atom stereocenters. The average molecular weight is 217 g/mol. The van der Waals surface area contributed by atoms with Crippen molar-refractivity contribution in [2.45, 2.75) is 6.04 Å². The summed E-state index contributed by atoms with van der Waals surface area (Å²) < 4.78 is 0. The molecule has 76 valence electrons. The third-order valence-corrected chi connectivity index (χ3v) is 2.12. The first-order chi connectivity index (χ1) is 6.56. The number of nitrogens with zero attached hydrogens (tertiary/aromatic N) is 1. The topological polar surface area (TPSA) is 89.4 Å². The lowest BCUT2D eigenvalue weighted by Gasteiger charge is -2.09. The number of nitro benzene ring substituents is 1. The third-order valence-electron chi connectivity index (χ3n) is 1.79. The van der Waals surface area contributed by atoms with Crippen molar-refractivity contribution in [2.75, 3.05) is 6.61 Å². The summed E-state index contributed by atoms with van der Waals surface area (Å²) in [6.45, 7) is -0.252. The van der Waals surface area contributed by atoms with E-state index in [0.717, 1.165) is 0 Å². The highest BCUT2D eigenvalue weighted by Gasteiger charge is 2.13. The lowest BCUT2D eigenvalue weighted by molar-refractivity contribution is -0.384. The van der Waals surface area contributed by atoms with E-state index in [2.05, 4.69) is 0 Å². The Balaban J connectivity index is 3.07. The standard InChI is InChI=1S/C8H9ClN2O3/c9-7-3-5(11(13)14)1-2-6(7)8(10)4-12/h1-3,8,12H,4,10H2. The fraction of sp³-hybridized carbons (Fsp3) is 0.250. The number of rotatable bonds is 3. The van der Waals surface area contributed by atoms with Crippen molar-refractivity contribution in [3.8, 4) is 0 Å². The number of nitro groups is 1. The van der Waals surface area contributed by atoms with Crippen molar-refractivity contribution in [1.29, 1.82) is 0 Å². The molecule has 1 aromatic rings. The van der Waals surface area contributed by atoms with Crippen LogP contribution in [0.1, 0.15) is 11.6 Å². The van der Waals surface area contributed by atoms with Crippen LogP contribution in [0.15, 0.2) is 18.2 Å². The first kappa shape index (κ1) is 10.9. The molecule has 0 bridgehead atoms. The van der Waals surface area contributed by atoms with Gasteiger partial charge in [0.15, 0.2) is 0 Å². The van der Waals surface area contributed by atoms with Gasteiger partial charge in [0.2, 0.25) is 0 Å². The second kappa shape index (κ2) is 4.36. The van der Waals surface area contributed by atoms with Gasteiger partial charge < -0.3 is 10.8 Å². The van der Waals surface area contributed by atoms with E-state index in [1.54, 1.807) is 0 Å². The number of nitrogens with two attached hydrogens (primary N) is 1. The molecule has 0 heterocycles. The van der Waals surface area contributed by atoms with Crippen LogP contribution >= 0.6 is 11.6 Å². The minimum Gasteiger partial charge on any atom is -0.394 e. The Kier molecular flexibility index (Phi) is 3.40. The maximum Gasteiger partial charge on any atom is 0.270 e. The van der Waals surface area contributed by atoms with Crippen molar-refractivity contribution in [3.63, 3.8) is 0 Å². The van der Waals surface area contributed by atoms with Crippen LogP contribution in [-0.4, -0.2) is 16.6 Å². The minimum atomic E-state index is -0.608. The Morgan fingerprint density at radius 1 is 1.64 bits per heavy atom. The Morgan fingerprint density at radius 3 is 2.71 bits per heavy atom. The van der Waals surface area contributed by atoms with Gasteiger partial charge in [-0.15, -0.1) is 0 Å². The fourth-order valence-electron chi connectivity index (χ4n) is 1.03. The van der Waals surface area contributed by atoms with Crippen molar-refractivity contribution >= 4 is 17.3 Å². The van der Waals surface area contributed by atoms with Crippen LogP contribution in [0.2, 0.25) is 5.02 Å². The van der Waals surface area contributed by atoms with Gasteiger partial charge in [-0.2, -0.15) is 0 Å². The third kappa shape index (κ3) is 2.20. The summed E-state index contributed by atoms with van der Waals surface area (Å²) in [7, 11) is 0. The molecule has 0 radical (unpaired) electrons. The molecule has 0 saturated carbocycles. The molecule has 5 nitrogen and oxygen atoms in total. The maximum atomic E-state index is 10.4. The number of hydrogen-bond donors (Lipinski definition) is 2. The summed E-state index contributed by atoms with van der Waals surface area (Å²) in [5, 5.41) is 19.3. The predicted octanol–water partition coefficient (Wildman–Crippen LogP) is 1.24. The van der Waals surface area contributed by atoms with Gasteiger partial charge in [-0.05, 0) is 11.6 Å². The van der Waals surface area contributed by atoms with Gasteiger partial charge in [0.05, 0.1) is 22.6 Å². The number of benzene rings is 1. The second-order valence-electron chi connectivity index (χ2n) is 2.75. The van der Waals surface area contributed by atoms with Crippen LogP contribution in [0.3, 0.4) is 0 Å². The molecule has 3 N–H and O–H groups in total. The summed E-state index contributed by atoms with van der Waals surface area (Å²) in [6, 6.07) is 3.35. The minimum absolute atomic E-state index is 0.0936. The van der Waals surface area contributed by atoms with E-state index < -0.39 is 11.0 Å². The zero-order chi connectivity index (χ0) is 10.7. The normalized spacial score (nSPS) is 12.5. The molecular formula is C8H9ClN2O3. The van der Waals surface area contributed by atoms with Crippen LogP contribution in [0, 0.1) is 10.1 Å². The van der Waals surface area contributed by atoms with Gasteiger partial charge in [-0.1, -0.05) is 11.6 Å². The van der Waals surface area contributed by atoms with Crippen LogP contribution in [0.4, 0.5) is 5.69 Å².